The van der Waals surface area contributed by atoms with Crippen LogP contribution < -0.4 is 0 Å². The topological polar surface area (TPSA) is 56.7 Å². The Labute approximate surface area is 160 Å². The lowest BCUT2D eigenvalue weighted by atomic mass is 9.71. The summed E-state index contributed by atoms with van der Waals surface area (Å²) in [6.07, 6.45) is 10.2. The van der Waals surface area contributed by atoms with Crippen molar-refractivity contribution in [1.29, 1.82) is 0 Å². The Morgan fingerprint density at radius 2 is 2.08 bits per heavy atom. The van der Waals surface area contributed by atoms with Crippen LogP contribution in [0.3, 0.4) is 0 Å². The minimum atomic E-state index is -0.290. The van der Waals surface area contributed by atoms with Gasteiger partial charge in [0.1, 0.15) is 0 Å². The van der Waals surface area contributed by atoms with E-state index < -0.39 is 0 Å². The Bertz CT molecular complexity index is 602. The third kappa shape index (κ3) is 3.97. The lowest BCUT2D eigenvalue weighted by molar-refractivity contribution is -0.142. The van der Waals surface area contributed by atoms with Crippen molar-refractivity contribution in [2.45, 2.75) is 64.0 Å². The van der Waals surface area contributed by atoms with Gasteiger partial charge in [-0.15, -0.1) is 0 Å². The van der Waals surface area contributed by atoms with Gasteiger partial charge >= 0.3 is 0 Å². The van der Waals surface area contributed by atoms with E-state index in [1.165, 1.54) is 42.8 Å². The van der Waals surface area contributed by atoms with Gasteiger partial charge in [-0.3, -0.25) is 9.69 Å². The Hall–Kier alpha value is -0.980. The van der Waals surface area contributed by atoms with Crippen LogP contribution in [0.2, 0.25) is 0 Å². The fourth-order valence-corrected chi connectivity index (χ4v) is 5.83. The van der Waals surface area contributed by atoms with E-state index in [1.807, 2.05) is 6.20 Å². The van der Waals surface area contributed by atoms with Crippen LogP contribution in [0.4, 0.5) is 0 Å². The average molecular weight is 378 g/mol. The molecule has 26 heavy (non-hydrogen) atoms. The zero-order valence-electron chi connectivity index (χ0n) is 15.6. The Morgan fingerprint density at radius 3 is 2.85 bits per heavy atom. The largest absolute Gasteiger partial charge is 0.392 e. The molecule has 1 amide bonds. The molecule has 2 aliphatic heterocycles. The maximum atomic E-state index is 12.8. The second kappa shape index (κ2) is 7.95. The number of carbonyl (C=O) groups excluding carboxylic acids is 1. The Balaban J connectivity index is 1.40. The summed E-state index contributed by atoms with van der Waals surface area (Å²) in [6, 6.07) is 0. The zero-order valence-corrected chi connectivity index (χ0v) is 16.4. The lowest BCUT2D eigenvalue weighted by Crippen LogP contribution is -2.59. The van der Waals surface area contributed by atoms with Gasteiger partial charge in [-0.2, -0.15) is 0 Å². The van der Waals surface area contributed by atoms with Crippen molar-refractivity contribution >= 4 is 17.4 Å². The van der Waals surface area contributed by atoms with E-state index in [1.54, 1.807) is 0 Å². The molecule has 1 spiro atoms. The average Bonchev–Trinajstić information content (AvgIpc) is 3.33. The first-order valence-electron chi connectivity index (χ1n) is 10.2. The van der Waals surface area contributed by atoms with Crippen LogP contribution >= 0.6 is 11.5 Å². The standard InChI is InChI=1S/C20H31N3O2S/c24-18-6-9-22(12-17-11-21-26-13-17)14-20(18)7-3-8-23(15-20)19(25)10-16-4-1-2-5-16/h11,13,16,18,24H,1-10,12,14-15H2/t18-,20-/m1/s1. The minimum absolute atomic E-state index is 0.148. The highest BCUT2D eigenvalue weighted by Crippen LogP contribution is 2.40. The summed E-state index contributed by atoms with van der Waals surface area (Å²) < 4.78 is 4.20. The van der Waals surface area contributed by atoms with Gasteiger partial charge in [0, 0.05) is 56.1 Å². The molecule has 5 nitrogen and oxygen atoms in total. The predicted molar refractivity (Wildman–Crippen MR) is 103 cm³/mol. The van der Waals surface area contributed by atoms with E-state index in [2.05, 4.69) is 19.6 Å². The van der Waals surface area contributed by atoms with Gasteiger partial charge in [0.25, 0.3) is 0 Å². The van der Waals surface area contributed by atoms with Crippen LogP contribution in [0.25, 0.3) is 0 Å². The van der Waals surface area contributed by atoms with Crippen LogP contribution in [-0.4, -0.2) is 57.5 Å². The first kappa shape index (κ1) is 18.4. The number of hydrogen-bond donors (Lipinski definition) is 1. The smallest absolute Gasteiger partial charge is 0.222 e. The van der Waals surface area contributed by atoms with Crippen LogP contribution in [0, 0.1) is 11.3 Å². The molecule has 3 aliphatic rings. The molecular formula is C20H31N3O2S. The van der Waals surface area contributed by atoms with E-state index >= 15 is 0 Å². The molecule has 4 rings (SSSR count). The fraction of sp³-hybridized carbons (Fsp3) is 0.800. The molecule has 2 atom stereocenters. The molecule has 3 heterocycles. The maximum absolute atomic E-state index is 12.8. The molecule has 1 aromatic rings. The SMILES string of the molecule is O=C(CC1CCCC1)N1CCC[C@@]2(CN(Cc3cnsc3)CC[C@H]2O)C1. The fourth-order valence-electron chi connectivity index (χ4n) is 5.30. The highest BCUT2D eigenvalue weighted by atomic mass is 32.1. The van der Waals surface area contributed by atoms with Gasteiger partial charge in [-0.25, -0.2) is 4.37 Å². The molecule has 3 fully saturated rings. The summed E-state index contributed by atoms with van der Waals surface area (Å²) in [6.45, 7) is 4.32. The number of aliphatic hydroxyl groups is 1. The second-order valence-corrected chi connectivity index (χ2v) is 9.34. The van der Waals surface area contributed by atoms with Crippen molar-refractivity contribution in [1.82, 2.24) is 14.2 Å². The Morgan fingerprint density at radius 1 is 1.23 bits per heavy atom. The van der Waals surface area contributed by atoms with Gasteiger partial charge in [0.05, 0.1) is 6.10 Å². The van der Waals surface area contributed by atoms with Crippen LogP contribution in [-0.2, 0) is 11.3 Å². The summed E-state index contributed by atoms with van der Waals surface area (Å²) in [7, 11) is 0. The number of amides is 1. The molecule has 0 bridgehead atoms. The number of aromatic nitrogens is 1. The van der Waals surface area contributed by atoms with Crippen molar-refractivity contribution in [3.63, 3.8) is 0 Å². The zero-order chi connectivity index (χ0) is 18.0. The maximum Gasteiger partial charge on any atom is 0.222 e. The first-order valence-corrected chi connectivity index (χ1v) is 11.0. The van der Waals surface area contributed by atoms with E-state index in [0.717, 1.165) is 58.4 Å². The summed E-state index contributed by atoms with van der Waals surface area (Å²) in [5.41, 5.74) is 1.11. The van der Waals surface area contributed by atoms with Crippen molar-refractivity contribution in [3.8, 4) is 0 Å². The van der Waals surface area contributed by atoms with Crippen molar-refractivity contribution in [3.05, 3.63) is 17.1 Å². The first-order chi connectivity index (χ1) is 12.6. The second-order valence-electron chi connectivity index (χ2n) is 8.68. The molecule has 0 radical (unpaired) electrons. The van der Waals surface area contributed by atoms with E-state index in [4.69, 9.17) is 0 Å². The van der Waals surface area contributed by atoms with E-state index in [0.29, 0.717) is 11.8 Å². The van der Waals surface area contributed by atoms with Gasteiger partial charge in [0.2, 0.25) is 5.91 Å². The molecule has 1 aliphatic carbocycles. The van der Waals surface area contributed by atoms with Crippen molar-refractivity contribution in [2.75, 3.05) is 26.2 Å². The van der Waals surface area contributed by atoms with Gasteiger partial charge < -0.3 is 10.0 Å². The quantitative estimate of drug-likeness (QED) is 0.877. The van der Waals surface area contributed by atoms with Gasteiger partial charge in [-0.05, 0) is 55.1 Å². The number of aliphatic hydroxyl groups excluding tert-OH is 1. The normalized spacial score (nSPS) is 31.0. The summed E-state index contributed by atoms with van der Waals surface area (Å²) >= 11 is 1.50. The van der Waals surface area contributed by atoms with Crippen LogP contribution in [0.5, 0.6) is 0 Å². The molecule has 1 saturated carbocycles. The summed E-state index contributed by atoms with van der Waals surface area (Å²) in [5.74, 6) is 0.918. The highest BCUT2D eigenvalue weighted by Gasteiger charge is 2.46. The third-order valence-electron chi connectivity index (χ3n) is 6.75. The number of hydrogen-bond acceptors (Lipinski definition) is 5. The van der Waals surface area contributed by atoms with Gasteiger partial charge in [-0.1, -0.05) is 12.8 Å². The summed E-state index contributed by atoms with van der Waals surface area (Å²) in [5, 5.41) is 12.9. The molecule has 144 valence electrons. The molecule has 1 aromatic heterocycles. The number of carbonyl (C=O) groups is 1. The minimum Gasteiger partial charge on any atom is -0.392 e. The van der Waals surface area contributed by atoms with E-state index in [-0.39, 0.29) is 11.5 Å². The molecule has 2 saturated heterocycles. The molecule has 0 unspecified atom stereocenters. The van der Waals surface area contributed by atoms with Gasteiger partial charge in [0.15, 0.2) is 0 Å². The Kier molecular flexibility index (Phi) is 5.62. The monoisotopic (exact) mass is 377 g/mol. The van der Waals surface area contributed by atoms with E-state index in [9.17, 15) is 9.90 Å². The molecular weight excluding hydrogens is 346 g/mol. The molecule has 0 aromatic carbocycles. The highest BCUT2D eigenvalue weighted by molar-refractivity contribution is 7.03. The predicted octanol–water partition coefficient (Wildman–Crippen LogP) is 2.90. The third-order valence-corrected chi connectivity index (χ3v) is 7.39. The number of piperidine rings is 2. The molecule has 1 N–H and O–H groups in total. The van der Waals surface area contributed by atoms with Crippen LogP contribution in [0.15, 0.2) is 11.6 Å². The van der Waals surface area contributed by atoms with Crippen molar-refractivity contribution in [2.24, 2.45) is 11.3 Å². The number of likely N-dealkylation sites (tertiary alicyclic amines) is 2. The van der Waals surface area contributed by atoms with Crippen LogP contribution in [0.1, 0.15) is 56.9 Å². The number of nitrogens with zero attached hydrogens (tertiary/aromatic N) is 3. The lowest BCUT2D eigenvalue weighted by Gasteiger charge is -2.51. The van der Waals surface area contributed by atoms with Crippen molar-refractivity contribution < 1.29 is 9.90 Å². The summed E-state index contributed by atoms with van der Waals surface area (Å²) in [4.78, 5) is 17.4. The molecule has 6 heteroatoms. The number of rotatable bonds is 4.